The van der Waals surface area contributed by atoms with Crippen molar-refractivity contribution in [3.05, 3.63) is 78.0 Å². The summed E-state index contributed by atoms with van der Waals surface area (Å²) in [6.07, 6.45) is 6.86. The van der Waals surface area contributed by atoms with Gasteiger partial charge in [-0.3, -0.25) is 0 Å². The monoisotopic (exact) mass is 347 g/mol. The Balaban J connectivity index is 2.02. The lowest BCUT2D eigenvalue weighted by molar-refractivity contribution is -0.131. The molecule has 3 nitrogen and oxygen atoms in total. The highest BCUT2D eigenvalue weighted by Crippen LogP contribution is 2.30. The van der Waals surface area contributed by atoms with Crippen LogP contribution in [0.4, 0.5) is 0 Å². The molecule has 0 bridgehead atoms. The molecule has 0 saturated carbocycles. The highest BCUT2D eigenvalue weighted by molar-refractivity contribution is 5.92. The fourth-order valence-electron chi connectivity index (χ4n) is 3.49. The number of aliphatic carboxylic acids is 1. The summed E-state index contributed by atoms with van der Waals surface area (Å²) in [5, 5.41) is 10.1. The number of carboxylic acid groups (broad SMARTS) is 1. The maximum absolute atomic E-state index is 10.9. The van der Waals surface area contributed by atoms with Crippen LogP contribution in [0.2, 0.25) is 0 Å². The Morgan fingerprint density at radius 1 is 1.15 bits per heavy atom. The first-order valence-corrected chi connectivity index (χ1v) is 9.17. The molecule has 2 aromatic carbocycles. The number of aromatic nitrogens is 1. The first-order valence-electron chi connectivity index (χ1n) is 9.17. The van der Waals surface area contributed by atoms with Crippen LogP contribution in [0.1, 0.15) is 50.3 Å². The van der Waals surface area contributed by atoms with Crippen molar-refractivity contribution < 1.29 is 9.90 Å². The van der Waals surface area contributed by atoms with Gasteiger partial charge in [0.15, 0.2) is 0 Å². The van der Waals surface area contributed by atoms with Gasteiger partial charge in [0.05, 0.1) is 6.04 Å². The zero-order valence-electron chi connectivity index (χ0n) is 15.4. The van der Waals surface area contributed by atoms with Crippen LogP contribution < -0.4 is 0 Å². The predicted molar refractivity (Wildman–Crippen MR) is 107 cm³/mol. The van der Waals surface area contributed by atoms with E-state index in [-0.39, 0.29) is 0 Å². The van der Waals surface area contributed by atoms with Crippen LogP contribution in [0.25, 0.3) is 16.5 Å². The molecule has 0 radical (unpaired) electrons. The molecule has 3 aromatic rings. The number of rotatable bonds is 7. The average Bonchev–Trinajstić information content (AvgIpc) is 3.05. The number of fused-ring (bicyclic) bond motifs is 1. The van der Waals surface area contributed by atoms with Gasteiger partial charge in [-0.2, -0.15) is 0 Å². The average molecular weight is 347 g/mol. The first-order chi connectivity index (χ1) is 12.6. The van der Waals surface area contributed by atoms with Gasteiger partial charge in [0, 0.05) is 23.2 Å². The molecule has 0 spiro atoms. The third-order valence-corrected chi connectivity index (χ3v) is 4.87. The van der Waals surface area contributed by atoms with E-state index in [0.717, 1.165) is 22.9 Å². The van der Waals surface area contributed by atoms with Gasteiger partial charge in [-0.05, 0) is 48.2 Å². The van der Waals surface area contributed by atoms with Gasteiger partial charge in [-0.15, -0.1) is 0 Å². The summed E-state index contributed by atoms with van der Waals surface area (Å²) in [6, 6.07) is 19.3. The Bertz CT molecular complexity index is 922. The lowest BCUT2D eigenvalue weighted by Gasteiger charge is -2.21. The number of carboxylic acids is 1. The van der Waals surface area contributed by atoms with Crippen molar-refractivity contribution in [1.82, 2.24) is 4.57 Å². The van der Waals surface area contributed by atoms with Crippen molar-refractivity contribution in [1.29, 1.82) is 0 Å². The molecule has 134 valence electrons. The summed E-state index contributed by atoms with van der Waals surface area (Å²) >= 11 is 0. The molecule has 0 aliphatic heterocycles. The van der Waals surface area contributed by atoms with Crippen molar-refractivity contribution in [3.63, 3.8) is 0 Å². The summed E-state index contributed by atoms with van der Waals surface area (Å²) in [4.78, 5) is 10.9. The summed E-state index contributed by atoms with van der Waals surface area (Å²) in [6.45, 7) is 4.06. The van der Waals surface area contributed by atoms with E-state index in [1.165, 1.54) is 30.0 Å². The summed E-state index contributed by atoms with van der Waals surface area (Å²) in [5.41, 5.74) is 4.21. The number of allylic oxidation sites excluding steroid dienone is 1. The smallest absolute Gasteiger partial charge is 0.328 e. The SMILES string of the molecule is CCCCC(c1ccccc1)n1ccc2cc(/C(C)=C/C(=O)O)ccc21. The highest BCUT2D eigenvalue weighted by Gasteiger charge is 2.15. The van der Waals surface area contributed by atoms with Crippen LogP contribution in [-0.4, -0.2) is 15.6 Å². The molecule has 0 fully saturated rings. The van der Waals surface area contributed by atoms with Crippen LogP contribution in [0, 0.1) is 0 Å². The zero-order valence-corrected chi connectivity index (χ0v) is 15.4. The molecular formula is C23H25NO2. The minimum absolute atomic E-state index is 0.315. The van der Waals surface area contributed by atoms with Crippen molar-refractivity contribution in [2.24, 2.45) is 0 Å². The number of benzene rings is 2. The van der Waals surface area contributed by atoms with Crippen molar-refractivity contribution in [2.75, 3.05) is 0 Å². The molecular weight excluding hydrogens is 322 g/mol. The second kappa shape index (κ2) is 8.05. The standard InChI is InChI=1S/C23H25NO2/c1-3-4-10-21(18-8-6-5-7-9-18)24-14-13-20-16-19(11-12-22(20)24)17(2)15-23(25)26/h5-9,11-16,21H,3-4,10H2,1-2H3,(H,25,26)/b17-15+. The molecule has 3 rings (SSSR count). The summed E-state index contributed by atoms with van der Waals surface area (Å²) in [7, 11) is 0. The van der Waals surface area contributed by atoms with Crippen LogP contribution in [0.5, 0.6) is 0 Å². The van der Waals surface area contributed by atoms with Crippen LogP contribution in [-0.2, 0) is 4.79 Å². The van der Waals surface area contributed by atoms with Gasteiger partial charge < -0.3 is 9.67 Å². The Hall–Kier alpha value is -2.81. The molecule has 0 aliphatic carbocycles. The molecule has 26 heavy (non-hydrogen) atoms. The summed E-state index contributed by atoms with van der Waals surface area (Å²) in [5.74, 6) is -0.913. The van der Waals surface area contributed by atoms with Crippen molar-refractivity contribution >= 4 is 22.4 Å². The molecule has 1 heterocycles. The topological polar surface area (TPSA) is 42.2 Å². The number of hydrogen-bond donors (Lipinski definition) is 1. The van der Waals surface area contributed by atoms with E-state index in [1.807, 2.05) is 13.0 Å². The Morgan fingerprint density at radius 2 is 1.92 bits per heavy atom. The van der Waals surface area contributed by atoms with E-state index in [9.17, 15) is 4.79 Å². The second-order valence-electron chi connectivity index (χ2n) is 6.73. The zero-order chi connectivity index (χ0) is 18.5. The van der Waals surface area contributed by atoms with Gasteiger partial charge in [-0.25, -0.2) is 4.79 Å². The maximum atomic E-state index is 10.9. The van der Waals surface area contributed by atoms with E-state index >= 15 is 0 Å². The maximum Gasteiger partial charge on any atom is 0.328 e. The second-order valence-corrected chi connectivity index (χ2v) is 6.73. The Kier molecular flexibility index (Phi) is 5.57. The molecule has 1 unspecified atom stereocenters. The Morgan fingerprint density at radius 3 is 2.62 bits per heavy atom. The van der Waals surface area contributed by atoms with E-state index in [1.54, 1.807) is 0 Å². The normalized spacial score (nSPS) is 13.1. The Labute approximate surface area is 154 Å². The van der Waals surface area contributed by atoms with Gasteiger partial charge in [-0.1, -0.05) is 56.2 Å². The number of hydrogen-bond acceptors (Lipinski definition) is 1. The minimum Gasteiger partial charge on any atom is -0.478 e. The van der Waals surface area contributed by atoms with Gasteiger partial charge in [0.2, 0.25) is 0 Å². The lowest BCUT2D eigenvalue weighted by atomic mass is 10.0. The van der Waals surface area contributed by atoms with E-state index in [0.29, 0.717) is 6.04 Å². The number of nitrogens with zero attached hydrogens (tertiary/aromatic N) is 1. The molecule has 0 amide bonds. The fourth-order valence-corrected chi connectivity index (χ4v) is 3.49. The molecule has 3 heteroatoms. The van der Waals surface area contributed by atoms with Crippen LogP contribution in [0.15, 0.2) is 66.9 Å². The van der Waals surface area contributed by atoms with Gasteiger partial charge in [0.1, 0.15) is 0 Å². The highest BCUT2D eigenvalue weighted by atomic mass is 16.4. The van der Waals surface area contributed by atoms with E-state index in [4.69, 9.17) is 5.11 Å². The molecule has 1 N–H and O–H groups in total. The molecule has 1 atom stereocenters. The third kappa shape index (κ3) is 3.88. The van der Waals surface area contributed by atoms with Crippen LogP contribution in [0.3, 0.4) is 0 Å². The number of carbonyl (C=O) groups is 1. The predicted octanol–water partition coefficient (Wildman–Crippen LogP) is 5.91. The molecule has 1 aromatic heterocycles. The van der Waals surface area contributed by atoms with Gasteiger partial charge >= 0.3 is 5.97 Å². The fraction of sp³-hybridized carbons (Fsp3) is 0.261. The minimum atomic E-state index is -0.913. The summed E-state index contributed by atoms with van der Waals surface area (Å²) < 4.78 is 2.35. The quantitative estimate of drug-likeness (QED) is 0.540. The first kappa shape index (κ1) is 18.0. The van der Waals surface area contributed by atoms with E-state index < -0.39 is 5.97 Å². The van der Waals surface area contributed by atoms with Gasteiger partial charge in [0.25, 0.3) is 0 Å². The lowest BCUT2D eigenvalue weighted by Crippen LogP contribution is -2.09. The van der Waals surface area contributed by atoms with Crippen molar-refractivity contribution in [2.45, 2.75) is 39.2 Å². The van der Waals surface area contributed by atoms with Crippen LogP contribution >= 0.6 is 0 Å². The number of unbranched alkanes of at least 4 members (excludes halogenated alkanes) is 1. The third-order valence-electron chi connectivity index (χ3n) is 4.87. The van der Waals surface area contributed by atoms with Crippen molar-refractivity contribution in [3.8, 4) is 0 Å². The largest absolute Gasteiger partial charge is 0.478 e. The van der Waals surface area contributed by atoms with E-state index in [2.05, 4.69) is 66.2 Å². The molecule has 0 aliphatic rings. The molecule has 0 saturated heterocycles.